The van der Waals surface area contributed by atoms with Gasteiger partial charge in [-0.05, 0) is 66.7 Å². The first kappa shape index (κ1) is 20.3. The molecule has 0 spiro atoms. The van der Waals surface area contributed by atoms with Gasteiger partial charge in [0.1, 0.15) is 11.8 Å². The Balaban J connectivity index is 1.64. The van der Waals surface area contributed by atoms with Gasteiger partial charge in [0.2, 0.25) is 0 Å². The Morgan fingerprint density at radius 1 is 1.17 bits per heavy atom. The summed E-state index contributed by atoms with van der Waals surface area (Å²) in [5, 5.41) is 5.75. The summed E-state index contributed by atoms with van der Waals surface area (Å²) in [5.74, 6) is 1.35. The first-order chi connectivity index (χ1) is 14.0. The molecule has 1 aliphatic heterocycles. The summed E-state index contributed by atoms with van der Waals surface area (Å²) in [6.07, 6.45) is 1.81. The molecule has 150 valence electrons. The van der Waals surface area contributed by atoms with Crippen molar-refractivity contribution in [1.82, 2.24) is 15.2 Å². The van der Waals surface area contributed by atoms with Crippen LogP contribution in [-0.2, 0) is 0 Å². The van der Waals surface area contributed by atoms with Gasteiger partial charge in [-0.1, -0.05) is 43.3 Å². The van der Waals surface area contributed by atoms with Gasteiger partial charge in [-0.15, -0.1) is 0 Å². The molecular formula is C22H22ClN3OS2. The van der Waals surface area contributed by atoms with Gasteiger partial charge in [-0.25, -0.2) is 0 Å². The molecule has 2 atom stereocenters. The average Bonchev–Trinajstić information content (AvgIpc) is 3.28. The third-order valence-electron chi connectivity index (χ3n) is 4.69. The largest absolute Gasteiger partial charge is 0.452 e. The maximum atomic E-state index is 6.27. The number of hydrogen-bond donors (Lipinski definition) is 1. The van der Waals surface area contributed by atoms with Crippen molar-refractivity contribution < 1.29 is 4.42 Å². The number of aromatic nitrogens is 1. The molecule has 1 aromatic carbocycles. The highest BCUT2D eigenvalue weighted by Crippen LogP contribution is 2.41. The van der Waals surface area contributed by atoms with Crippen molar-refractivity contribution in [2.45, 2.75) is 35.9 Å². The molecule has 0 saturated carbocycles. The molecule has 29 heavy (non-hydrogen) atoms. The monoisotopic (exact) mass is 443 g/mol. The molecule has 3 aromatic rings. The third-order valence-corrected chi connectivity index (χ3v) is 6.22. The molecule has 1 N–H and O–H groups in total. The lowest BCUT2D eigenvalue weighted by Crippen LogP contribution is -2.32. The lowest BCUT2D eigenvalue weighted by atomic mass is 10.0. The third kappa shape index (κ3) is 4.60. The minimum atomic E-state index is -0.0537. The molecule has 0 bridgehead atoms. The summed E-state index contributed by atoms with van der Waals surface area (Å²) >= 11 is 13.2. The maximum Gasteiger partial charge on any atom is 0.170 e. The van der Waals surface area contributed by atoms with E-state index in [0.29, 0.717) is 5.92 Å². The number of pyridine rings is 1. The van der Waals surface area contributed by atoms with E-state index in [1.807, 2.05) is 60.8 Å². The summed E-state index contributed by atoms with van der Waals surface area (Å²) in [6.45, 7) is 5.23. The predicted molar refractivity (Wildman–Crippen MR) is 121 cm³/mol. The Bertz CT molecular complexity index is 975. The molecule has 0 unspecified atom stereocenters. The number of halogens is 1. The topological polar surface area (TPSA) is 41.3 Å². The minimum Gasteiger partial charge on any atom is -0.452 e. The molecule has 4 rings (SSSR count). The summed E-state index contributed by atoms with van der Waals surface area (Å²) in [6, 6.07) is 17.7. The van der Waals surface area contributed by atoms with E-state index in [4.69, 9.17) is 28.2 Å². The van der Waals surface area contributed by atoms with E-state index < -0.39 is 0 Å². The zero-order chi connectivity index (χ0) is 20.4. The van der Waals surface area contributed by atoms with Gasteiger partial charge in [0.25, 0.3) is 0 Å². The average molecular weight is 444 g/mol. The van der Waals surface area contributed by atoms with E-state index in [1.54, 1.807) is 11.8 Å². The van der Waals surface area contributed by atoms with Crippen molar-refractivity contribution in [2.75, 3.05) is 6.54 Å². The number of rotatable bonds is 6. The highest BCUT2D eigenvalue weighted by molar-refractivity contribution is 7.99. The van der Waals surface area contributed by atoms with Gasteiger partial charge in [-0.2, -0.15) is 0 Å². The van der Waals surface area contributed by atoms with E-state index in [2.05, 4.69) is 29.0 Å². The van der Waals surface area contributed by atoms with Crippen LogP contribution in [0.3, 0.4) is 0 Å². The zero-order valence-corrected chi connectivity index (χ0v) is 18.6. The Kier molecular flexibility index (Phi) is 6.13. The highest BCUT2D eigenvalue weighted by atomic mass is 35.5. The predicted octanol–water partition coefficient (Wildman–Crippen LogP) is 6.11. The normalized spacial score (nSPS) is 19.0. The highest BCUT2D eigenvalue weighted by Gasteiger charge is 2.41. The second-order valence-electron chi connectivity index (χ2n) is 7.39. The molecular weight excluding hydrogens is 422 g/mol. The quantitative estimate of drug-likeness (QED) is 0.463. The zero-order valence-electron chi connectivity index (χ0n) is 16.2. The smallest absolute Gasteiger partial charge is 0.170 e. The standard InChI is InChI=1S/C22H22ClN3OS2/c1-14(2)13-26-21(20(25-22(26)28)17-5-3-4-12-24-17)18-10-11-19(27-18)29-16-8-6-15(23)7-9-16/h3-12,14,20-21H,13H2,1-2H3,(H,25,28)/t20-,21-/m1/s1. The van der Waals surface area contributed by atoms with Crippen LogP contribution in [0.2, 0.25) is 5.02 Å². The number of hydrogen-bond acceptors (Lipinski definition) is 4. The van der Waals surface area contributed by atoms with Crippen LogP contribution in [0.25, 0.3) is 0 Å². The second-order valence-corrected chi connectivity index (χ2v) is 9.29. The molecule has 0 radical (unpaired) electrons. The Morgan fingerprint density at radius 2 is 1.97 bits per heavy atom. The summed E-state index contributed by atoms with van der Waals surface area (Å²) in [7, 11) is 0. The van der Waals surface area contributed by atoms with Crippen molar-refractivity contribution in [3.63, 3.8) is 0 Å². The van der Waals surface area contributed by atoms with Crippen molar-refractivity contribution in [1.29, 1.82) is 0 Å². The van der Waals surface area contributed by atoms with Crippen LogP contribution in [0.15, 0.2) is 75.2 Å². The van der Waals surface area contributed by atoms with Crippen LogP contribution in [0.4, 0.5) is 0 Å². The molecule has 0 aliphatic carbocycles. The van der Waals surface area contributed by atoms with Gasteiger partial charge >= 0.3 is 0 Å². The van der Waals surface area contributed by atoms with Crippen molar-refractivity contribution >= 4 is 40.7 Å². The van der Waals surface area contributed by atoms with Crippen molar-refractivity contribution in [3.8, 4) is 0 Å². The van der Waals surface area contributed by atoms with Crippen LogP contribution < -0.4 is 5.32 Å². The van der Waals surface area contributed by atoms with Crippen LogP contribution in [0, 0.1) is 5.92 Å². The number of benzene rings is 1. The van der Waals surface area contributed by atoms with Crippen molar-refractivity contribution in [3.05, 3.63) is 77.3 Å². The summed E-state index contributed by atoms with van der Waals surface area (Å²) in [4.78, 5) is 7.86. The summed E-state index contributed by atoms with van der Waals surface area (Å²) in [5.41, 5.74) is 0.953. The SMILES string of the molecule is CC(C)CN1C(=S)N[C@H](c2ccccn2)[C@H]1c1ccc(Sc2ccc(Cl)cc2)o1. The summed E-state index contributed by atoms with van der Waals surface area (Å²) < 4.78 is 6.27. The lowest BCUT2D eigenvalue weighted by Gasteiger charge is -2.27. The molecule has 2 aromatic heterocycles. The lowest BCUT2D eigenvalue weighted by molar-refractivity contribution is 0.242. The molecule has 0 amide bonds. The Labute approximate surface area is 185 Å². The van der Waals surface area contributed by atoms with Crippen LogP contribution >= 0.6 is 35.6 Å². The Hall–Kier alpha value is -2.02. The van der Waals surface area contributed by atoms with E-state index in [1.165, 1.54) is 0 Å². The molecule has 4 nitrogen and oxygen atoms in total. The number of nitrogens with zero attached hydrogens (tertiary/aromatic N) is 2. The second kappa shape index (κ2) is 8.78. The van der Waals surface area contributed by atoms with E-state index in [0.717, 1.165) is 38.1 Å². The van der Waals surface area contributed by atoms with Gasteiger partial charge in [0, 0.05) is 22.7 Å². The molecule has 3 heterocycles. The fraction of sp³-hybridized carbons (Fsp3) is 0.273. The fourth-order valence-electron chi connectivity index (χ4n) is 3.47. The van der Waals surface area contributed by atoms with Gasteiger partial charge in [0.15, 0.2) is 10.2 Å². The van der Waals surface area contributed by atoms with E-state index in [9.17, 15) is 0 Å². The number of furan rings is 1. The number of nitrogens with one attached hydrogen (secondary N) is 1. The molecule has 1 saturated heterocycles. The first-order valence-electron chi connectivity index (χ1n) is 9.52. The van der Waals surface area contributed by atoms with Crippen LogP contribution in [-0.4, -0.2) is 21.5 Å². The van der Waals surface area contributed by atoms with Crippen molar-refractivity contribution in [2.24, 2.45) is 5.92 Å². The minimum absolute atomic E-state index is 0.0423. The molecule has 7 heteroatoms. The van der Waals surface area contributed by atoms with E-state index in [-0.39, 0.29) is 12.1 Å². The fourth-order valence-corrected chi connectivity index (χ4v) is 4.69. The van der Waals surface area contributed by atoms with Gasteiger partial charge < -0.3 is 14.6 Å². The molecule has 1 fully saturated rings. The Morgan fingerprint density at radius 3 is 2.66 bits per heavy atom. The maximum absolute atomic E-state index is 6.27. The van der Waals surface area contributed by atoms with E-state index >= 15 is 0 Å². The van der Waals surface area contributed by atoms with Gasteiger partial charge in [0.05, 0.1) is 11.7 Å². The molecule has 1 aliphatic rings. The van der Waals surface area contributed by atoms with Gasteiger partial charge in [-0.3, -0.25) is 4.98 Å². The first-order valence-corrected chi connectivity index (χ1v) is 11.1. The van der Waals surface area contributed by atoms with Crippen LogP contribution in [0.1, 0.15) is 37.4 Å². The number of thiocarbonyl (C=S) groups is 1. The van der Waals surface area contributed by atoms with Crippen LogP contribution in [0.5, 0.6) is 0 Å².